The summed E-state index contributed by atoms with van der Waals surface area (Å²) in [7, 11) is 1.85. The number of benzene rings is 2. The predicted octanol–water partition coefficient (Wildman–Crippen LogP) is 4.68. The zero-order chi connectivity index (χ0) is 16.4. The van der Waals surface area contributed by atoms with Crippen molar-refractivity contribution < 1.29 is 22.6 Å². The number of fused-ring (bicyclic) bond motifs is 1. The minimum atomic E-state index is -4.68. The van der Waals surface area contributed by atoms with E-state index in [4.69, 9.17) is 4.74 Å². The second kappa shape index (κ2) is 6.02. The fraction of sp³-hybridized carbons (Fsp3) is 0.294. The third kappa shape index (κ3) is 3.70. The highest BCUT2D eigenvalue weighted by Gasteiger charge is 2.31. The molecule has 0 radical (unpaired) electrons. The highest BCUT2D eigenvalue weighted by Crippen LogP contribution is 2.33. The Morgan fingerprint density at radius 3 is 2.43 bits per heavy atom. The first-order valence-corrected chi connectivity index (χ1v) is 7.28. The van der Waals surface area contributed by atoms with Crippen LogP contribution in [-0.2, 0) is 6.42 Å². The lowest BCUT2D eigenvalue weighted by Crippen LogP contribution is -2.17. The largest absolute Gasteiger partial charge is 0.573 e. The van der Waals surface area contributed by atoms with Crippen molar-refractivity contribution in [2.75, 3.05) is 18.6 Å². The smallest absolute Gasteiger partial charge is 0.493 e. The quantitative estimate of drug-likeness (QED) is 0.819. The van der Waals surface area contributed by atoms with E-state index in [0.29, 0.717) is 6.61 Å². The van der Waals surface area contributed by atoms with Gasteiger partial charge in [0.05, 0.1) is 6.61 Å². The summed E-state index contributed by atoms with van der Waals surface area (Å²) in [5, 5.41) is 0. The van der Waals surface area contributed by atoms with E-state index in [1.807, 2.05) is 30.1 Å². The maximum Gasteiger partial charge on any atom is 0.573 e. The number of hydrogen-bond acceptors (Lipinski definition) is 3. The van der Waals surface area contributed by atoms with E-state index in [9.17, 15) is 13.2 Å². The molecule has 1 aliphatic rings. The van der Waals surface area contributed by atoms with Crippen LogP contribution in [0.4, 0.5) is 24.5 Å². The lowest BCUT2D eigenvalue weighted by Gasteiger charge is -2.23. The molecule has 2 aromatic carbocycles. The number of ether oxygens (including phenoxy) is 2. The zero-order valence-electron chi connectivity index (χ0n) is 12.6. The van der Waals surface area contributed by atoms with Crippen molar-refractivity contribution in [1.29, 1.82) is 0 Å². The minimum absolute atomic E-state index is 0.233. The second-order valence-electron chi connectivity index (χ2n) is 5.34. The molecule has 6 heteroatoms. The van der Waals surface area contributed by atoms with Crippen molar-refractivity contribution in [1.82, 2.24) is 0 Å². The molecule has 1 heterocycles. The molecule has 0 amide bonds. The number of hydrogen-bond donors (Lipinski definition) is 0. The Hall–Kier alpha value is -2.37. The van der Waals surface area contributed by atoms with Crippen molar-refractivity contribution in [3.05, 3.63) is 48.0 Å². The van der Waals surface area contributed by atoms with Gasteiger partial charge in [-0.3, -0.25) is 0 Å². The van der Waals surface area contributed by atoms with Gasteiger partial charge in [0.2, 0.25) is 0 Å². The Labute approximate surface area is 132 Å². The van der Waals surface area contributed by atoms with Crippen molar-refractivity contribution in [3.63, 3.8) is 0 Å². The van der Waals surface area contributed by atoms with E-state index >= 15 is 0 Å². The molecule has 0 aromatic heterocycles. The molecule has 1 aliphatic heterocycles. The SMILES string of the molecule is CN(c1ccc(OC(F)(F)F)cc1)c1ccc2c(c1)OCCC2. The summed E-state index contributed by atoms with van der Waals surface area (Å²) < 4.78 is 46.1. The van der Waals surface area contributed by atoms with Gasteiger partial charge in [-0.05, 0) is 48.7 Å². The predicted molar refractivity (Wildman–Crippen MR) is 81.4 cm³/mol. The molecule has 0 saturated carbocycles. The first-order chi connectivity index (χ1) is 10.9. The standard InChI is InChI=1S/C17H16F3NO2/c1-21(13-6-8-15(9-7-13)23-17(18,19)20)14-5-4-12-3-2-10-22-16(12)11-14/h4-9,11H,2-3,10H2,1H3. The maximum absolute atomic E-state index is 12.2. The molecule has 2 aromatic rings. The first-order valence-electron chi connectivity index (χ1n) is 7.28. The van der Waals surface area contributed by atoms with Gasteiger partial charge in [0.1, 0.15) is 11.5 Å². The Morgan fingerprint density at radius 1 is 1.04 bits per heavy atom. The van der Waals surface area contributed by atoms with E-state index in [1.165, 1.54) is 17.7 Å². The minimum Gasteiger partial charge on any atom is -0.493 e. The number of rotatable bonds is 3. The molecule has 0 spiro atoms. The van der Waals surface area contributed by atoms with Gasteiger partial charge in [-0.25, -0.2) is 0 Å². The van der Waals surface area contributed by atoms with E-state index < -0.39 is 6.36 Å². The highest BCUT2D eigenvalue weighted by molar-refractivity contribution is 5.65. The Kier molecular flexibility index (Phi) is 4.07. The van der Waals surface area contributed by atoms with Crippen molar-refractivity contribution in [2.24, 2.45) is 0 Å². The van der Waals surface area contributed by atoms with Gasteiger partial charge in [-0.2, -0.15) is 0 Å². The molecule has 3 nitrogen and oxygen atoms in total. The third-order valence-corrected chi connectivity index (χ3v) is 3.74. The van der Waals surface area contributed by atoms with Crippen molar-refractivity contribution in [2.45, 2.75) is 19.2 Å². The van der Waals surface area contributed by atoms with Gasteiger partial charge in [-0.1, -0.05) is 6.07 Å². The molecule has 0 saturated heterocycles. The number of nitrogens with zero attached hydrogens (tertiary/aromatic N) is 1. The molecule has 0 bridgehead atoms. The average molecular weight is 323 g/mol. The zero-order valence-corrected chi connectivity index (χ0v) is 12.6. The number of alkyl halides is 3. The normalized spacial score (nSPS) is 13.9. The van der Waals surface area contributed by atoms with Crippen LogP contribution < -0.4 is 14.4 Å². The summed E-state index contributed by atoms with van der Waals surface area (Å²) in [6, 6.07) is 11.7. The van der Waals surface area contributed by atoms with E-state index in [-0.39, 0.29) is 5.75 Å². The van der Waals surface area contributed by atoms with Gasteiger partial charge in [0.25, 0.3) is 0 Å². The van der Waals surface area contributed by atoms with Gasteiger partial charge < -0.3 is 14.4 Å². The molecule has 0 unspecified atom stereocenters. The highest BCUT2D eigenvalue weighted by atomic mass is 19.4. The molecule has 0 atom stereocenters. The average Bonchev–Trinajstić information content (AvgIpc) is 2.53. The summed E-state index contributed by atoms with van der Waals surface area (Å²) in [5.41, 5.74) is 2.85. The van der Waals surface area contributed by atoms with Crippen LogP contribution in [0.2, 0.25) is 0 Å². The van der Waals surface area contributed by atoms with E-state index in [2.05, 4.69) is 4.74 Å². The Balaban J connectivity index is 1.78. The van der Waals surface area contributed by atoms with Gasteiger partial charge in [-0.15, -0.1) is 13.2 Å². The summed E-state index contributed by atoms with van der Waals surface area (Å²) in [6.07, 6.45) is -2.66. The van der Waals surface area contributed by atoms with Crippen LogP contribution in [-0.4, -0.2) is 20.0 Å². The van der Waals surface area contributed by atoms with Crippen LogP contribution in [0.5, 0.6) is 11.5 Å². The topological polar surface area (TPSA) is 21.7 Å². The van der Waals surface area contributed by atoms with E-state index in [0.717, 1.165) is 30.0 Å². The van der Waals surface area contributed by atoms with Crippen LogP contribution in [0, 0.1) is 0 Å². The van der Waals surface area contributed by atoms with Crippen LogP contribution in [0.1, 0.15) is 12.0 Å². The first kappa shape index (κ1) is 15.5. The molecule has 0 N–H and O–H groups in total. The van der Waals surface area contributed by atoms with Gasteiger partial charge in [0, 0.05) is 24.5 Å². The monoisotopic (exact) mass is 323 g/mol. The summed E-state index contributed by atoms with van der Waals surface area (Å²) in [6.45, 7) is 0.712. The fourth-order valence-electron chi connectivity index (χ4n) is 2.56. The number of halogens is 3. The molecule has 0 fully saturated rings. The summed E-state index contributed by atoms with van der Waals surface area (Å²) in [5.74, 6) is 0.640. The molecular formula is C17H16F3NO2. The molecule has 122 valence electrons. The Morgan fingerprint density at radius 2 is 1.74 bits per heavy atom. The number of aryl methyl sites for hydroxylation is 1. The van der Waals surface area contributed by atoms with Crippen LogP contribution in [0.3, 0.4) is 0 Å². The molecule has 0 aliphatic carbocycles. The van der Waals surface area contributed by atoms with Crippen molar-refractivity contribution in [3.8, 4) is 11.5 Å². The second-order valence-corrected chi connectivity index (χ2v) is 5.34. The lowest BCUT2D eigenvalue weighted by molar-refractivity contribution is -0.274. The maximum atomic E-state index is 12.2. The summed E-state index contributed by atoms with van der Waals surface area (Å²) >= 11 is 0. The fourth-order valence-corrected chi connectivity index (χ4v) is 2.56. The van der Waals surface area contributed by atoms with Gasteiger partial charge in [0.15, 0.2) is 0 Å². The number of anilines is 2. The van der Waals surface area contributed by atoms with Gasteiger partial charge >= 0.3 is 6.36 Å². The summed E-state index contributed by atoms with van der Waals surface area (Å²) in [4.78, 5) is 1.88. The van der Waals surface area contributed by atoms with Crippen LogP contribution >= 0.6 is 0 Å². The van der Waals surface area contributed by atoms with Crippen LogP contribution in [0.25, 0.3) is 0 Å². The Bertz CT molecular complexity index is 683. The lowest BCUT2D eigenvalue weighted by atomic mass is 10.1. The molecule has 3 rings (SSSR count). The van der Waals surface area contributed by atoms with Crippen LogP contribution in [0.15, 0.2) is 42.5 Å². The molecular weight excluding hydrogens is 307 g/mol. The van der Waals surface area contributed by atoms with Crippen molar-refractivity contribution >= 4 is 11.4 Å². The van der Waals surface area contributed by atoms with E-state index in [1.54, 1.807) is 12.1 Å². The molecule has 23 heavy (non-hydrogen) atoms. The third-order valence-electron chi connectivity index (χ3n) is 3.74.